The first-order valence-electron chi connectivity index (χ1n) is 11.7. The molecule has 0 saturated heterocycles. The van der Waals surface area contributed by atoms with Gasteiger partial charge in [0.15, 0.2) is 23.1 Å². The Morgan fingerprint density at radius 1 is 0.657 bits per heavy atom. The van der Waals surface area contributed by atoms with Crippen LogP contribution < -0.4 is 9.47 Å². The summed E-state index contributed by atoms with van der Waals surface area (Å²) in [5, 5.41) is 0. The number of rotatable bonds is 9. The van der Waals surface area contributed by atoms with E-state index in [9.17, 15) is 13.2 Å². The second kappa shape index (κ2) is 11.1. The van der Waals surface area contributed by atoms with Crippen molar-refractivity contribution in [1.29, 1.82) is 0 Å². The first-order valence-corrected chi connectivity index (χ1v) is 11.7. The van der Waals surface area contributed by atoms with Gasteiger partial charge in [-0.05, 0) is 59.9 Å². The van der Waals surface area contributed by atoms with Crippen LogP contribution in [0.2, 0.25) is 0 Å². The number of aryl methyl sites for hydroxylation is 1. The smallest absolute Gasteiger partial charge is 0.201 e. The maximum atomic E-state index is 14.7. The summed E-state index contributed by atoms with van der Waals surface area (Å²) >= 11 is 0. The molecule has 5 heteroatoms. The molecule has 0 saturated carbocycles. The van der Waals surface area contributed by atoms with Crippen LogP contribution in [0.15, 0.2) is 78.9 Å². The second-order valence-electron chi connectivity index (χ2n) is 8.44. The van der Waals surface area contributed by atoms with Crippen molar-refractivity contribution in [2.24, 2.45) is 0 Å². The lowest BCUT2D eigenvalue weighted by Gasteiger charge is -2.12. The Hall–Kier alpha value is -3.73. The van der Waals surface area contributed by atoms with E-state index in [4.69, 9.17) is 9.47 Å². The van der Waals surface area contributed by atoms with E-state index < -0.39 is 17.5 Å². The minimum atomic E-state index is -1.02. The van der Waals surface area contributed by atoms with E-state index in [0.717, 1.165) is 35.1 Å². The van der Waals surface area contributed by atoms with E-state index in [-0.39, 0.29) is 23.7 Å². The molecule has 0 fully saturated rings. The number of benzene rings is 4. The van der Waals surface area contributed by atoms with Gasteiger partial charge in [-0.2, -0.15) is 4.39 Å². The molecular weight excluding hydrogens is 449 g/mol. The summed E-state index contributed by atoms with van der Waals surface area (Å²) in [6.07, 6.45) is 1.86. The van der Waals surface area contributed by atoms with Crippen molar-refractivity contribution in [2.75, 3.05) is 6.61 Å². The van der Waals surface area contributed by atoms with Crippen LogP contribution in [0.5, 0.6) is 11.5 Å². The highest BCUT2D eigenvalue weighted by Crippen LogP contribution is 2.31. The van der Waals surface area contributed by atoms with Crippen molar-refractivity contribution in [3.8, 4) is 33.8 Å². The molecule has 0 bridgehead atoms. The third kappa shape index (κ3) is 5.86. The molecule has 0 aliphatic heterocycles. The Bertz CT molecular complexity index is 1280. The van der Waals surface area contributed by atoms with Crippen molar-refractivity contribution >= 4 is 0 Å². The molecule has 0 atom stereocenters. The molecule has 4 aromatic carbocycles. The Balaban J connectivity index is 1.42. The fraction of sp³-hybridized carbons (Fsp3) is 0.200. The van der Waals surface area contributed by atoms with Crippen LogP contribution in [0.4, 0.5) is 13.2 Å². The van der Waals surface area contributed by atoms with E-state index >= 15 is 0 Å². The Morgan fingerprint density at radius 2 is 1.31 bits per heavy atom. The quantitative estimate of drug-likeness (QED) is 0.226. The summed E-state index contributed by atoms with van der Waals surface area (Å²) in [5.74, 6) is -2.27. The molecule has 4 rings (SSSR count). The zero-order valence-corrected chi connectivity index (χ0v) is 19.8. The highest BCUT2D eigenvalue weighted by atomic mass is 19.2. The van der Waals surface area contributed by atoms with Gasteiger partial charge in [0.1, 0.15) is 6.61 Å². The standard InChI is InChI=1S/C30H27F3O2/c1-3-4-17-34-27-15-13-24(18-26(27)31)22-11-7-21(8-12-22)19-35-28-16-14-25(29(32)30(28)33)23-9-5-20(2)6-10-23/h5-16,18H,3-4,17,19H2,1-2H3. The molecule has 0 spiro atoms. The van der Waals surface area contributed by atoms with Crippen LogP contribution in [0.3, 0.4) is 0 Å². The highest BCUT2D eigenvalue weighted by molar-refractivity contribution is 5.66. The maximum Gasteiger partial charge on any atom is 0.201 e. The zero-order chi connectivity index (χ0) is 24.8. The van der Waals surface area contributed by atoms with Gasteiger partial charge < -0.3 is 9.47 Å². The molecular formula is C30H27F3O2. The fourth-order valence-electron chi connectivity index (χ4n) is 3.68. The van der Waals surface area contributed by atoms with Crippen LogP contribution >= 0.6 is 0 Å². The Labute approximate surface area is 204 Å². The van der Waals surface area contributed by atoms with Crippen LogP contribution in [-0.2, 0) is 6.61 Å². The van der Waals surface area contributed by atoms with E-state index in [1.165, 1.54) is 18.2 Å². The SMILES string of the molecule is CCCCOc1ccc(-c2ccc(COc3ccc(-c4ccc(C)cc4)c(F)c3F)cc2)cc1F. The number of unbranched alkanes of at least 4 members (excludes halogenated alkanes) is 1. The molecule has 0 aliphatic carbocycles. The van der Waals surface area contributed by atoms with Gasteiger partial charge in [-0.25, -0.2) is 8.78 Å². The van der Waals surface area contributed by atoms with Crippen molar-refractivity contribution in [3.05, 3.63) is 107 Å². The Morgan fingerprint density at radius 3 is 2.00 bits per heavy atom. The molecule has 4 aromatic rings. The van der Waals surface area contributed by atoms with Crippen molar-refractivity contribution in [3.63, 3.8) is 0 Å². The zero-order valence-electron chi connectivity index (χ0n) is 19.8. The molecule has 0 aromatic heterocycles. The van der Waals surface area contributed by atoms with Crippen molar-refractivity contribution in [1.82, 2.24) is 0 Å². The van der Waals surface area contributed by atoms with Gasteiger partial charge in [0, 0.05) is 5.56 Å². The molecule has 0 unspecified atom stereocenters. The molecule has 0 radical (unpaired) electrons. The van der Waals surface area contributed by atoms with E-state index in [1.54, 1.807) is 18.2 Å². The van der Waals surface area contributed by atoms with Crippen LogP contribution in [0, 0.1) is 24.4 Å². The second-order valence-corrected chi connectivity index (χ2v) is 8.44. The summed E-state index contributed by atoms with van der Waals surface area (Å²) in [6.45, 7) is 4.54. The highest BCUT2D eigenvalue weighted by Gasteiger charge is 2.16. The largest absolute Gasteiger partial charge is 0.491 e. The predicted octanol–water partition coefficient (Wildman–Crippen LogP) is 8.50. The van der Waals surface area contributed by atoms with E-state index in [0.29, 0.717) is 12.2 Å². The summed E-state index contributed by atoms with van der Waals surface area (Å²) in [4.78, 5) is 0. The molecule has 180 valence electrons. The first-order chi connectivity index (χ1) is 17.0. The van der Waals surface area contributed by atoms with E-state index in [2.05, 4.69) is 6.92 Å². The first kappa shape index (κ1) is 24.4. The molecule has 0 heterocycles. The topological polar surface area (TPSA) is 18.5 Å². The molecule has 0 amide bonds. The van der Waals surface area contributed by atoms with Crippen molar-refractivity contribution in [2.45, 2.75) is 33.3 Å². The third-order valence-electron chi connectivity index (χ3n) is 5.78. The van der Waals surface area contributed by atoms with Gasteiger partial charge in [0.2, 0.25) is 5.82 Å². The van der Waals surface area contributed by atoms with Crippen LogP contribution in [0.1, 0.15) is 30.9 Å². The van der Waals surface area contributed by atoms with E-state index in [1.807, 2.05) is 49.4 Å². The van der Waals surface area contributed by atoms with Gasteiger partial charge in [0.25, 0.3) is 0 Å². The lowest BCUT2D eigenvalue weighted by atomic mass is 10.0. The van der Waals surface area contributed by atoms with Crippen LogP contribution in [-0.4, -0.2) is 6.61 Å². The monoisotopic (exact) mass is 476 g/mol. The molecule has 0 N–H and O–H groups in total. The van der Waals surface area contributed by atoms with Gasteiger partial charge >= 0.3 is 0 Å². The Kier molecular flexibility index (Phi) is 7.76. The van der Waals surface area contributed by atoms with Gasteiger partial charge in [-0.3, -0.25) is 0 Å². The third-order valence-corrected chi connectivity index (χ3v) is 5.78. The lowest BCUT2D eigenvalue weighted by Crippen LogP contribution is -2.00. The summed E-state index contributed by atoms with van der Waals surface area (Å²) in [5.41, 5.74) is 4.15. The predicted molar refractivity (Wildman–Crippen MR) is 133 cm³/mol. The fourth-order valence-corrected chi connectivity index (χ4v) is 3.68. The normalized spacial score (nSPS) is 10.9. The maximum absolute atomic E-state index is 14.7. The summed E-state index contributed by atoms with van der Waals surface area (Å²) in [7, 11) is 0. The van der Waals surface area contributed by atoms with Crippen molar-refractivity contribution < 1.29 is 22.6 Å². The van der Waals surface area contributed by atoms with Gasteiger partial charge in [-0.1, -0.05) is 73.5 Å². The number of ether oxygens (including phenoxy) is 2. The summed E-state index contributed by atoms with van der Waals surface area (Å²) in [6, 6.07) is 22.4. The van der Waals surface area contributed by atoms with Crippen LogP contribution in [0.25, 0.3) is 22.3 Å². The molecule has 0 aliphatic rings. The average Bonchev–Trinajstić information content (AvgIpc) is 2.87. The minimum Gasteiger partial charge on any atom is -0.491 e. The molecule has 35 heavy (non-hydrogen) atoms. The van der Waals surface area contributed by atoms with Gasteiger partial charge in [0.05, 0.1) is 6.61 Å². The number of halogens is 3. The number of hydrogen-bond acceptors (Lipinski definition) is 2. The lowest BCUT2D eigenvalue weighted by molar-refractivity contribution is 0.285. The van der Waals surface area contributed by atoms with Gasteiger partial charge in [-0.15, -0.1) is 0 Å². The molecule has 2 nitrogen and oxygen atoms in total. The summed E-state index contributed by atoms with van der Waals surface area (Å²) < 4.78 is 54.7. The number of hydrogen-bond donors (Lipinski definition) is 0. The minimum absolute atomic E-state index is 0.0685. The average molecular weight is 477 g/mol.